The van der Waals surface area contributed by atoms with Gasteiger partial charge in [-0.1, -0.05) is 12.7 Å². The van der Waals surface area contributed by atoms with Crippen LogP contribution in [0.3, 0.4) is 0 Å². The summed E-state index contributed by atoms with van der Waals surface area (Å²) >= 11 is 0. The minimum absolute atomic E-state index is 0.511. The van der Waals surface area contributed by atoms with E-state index in [0.717, 1.165) is 18.0 Å². The van der Waals surface area contributed by atoms with Crippen molar-refractivity contribution in [3.8, 4) is 5.75 Å². The highest BCUT2D eigenvalue weighted by Crippen LogP contribution is 2.14. The molecule has 0 saturated carbocycles. The molecule has 1 aromatic heterocycles. The number of nitrogens with zero attached hydrogens (tertiary/aromatic N) is 1. The van der Waals surface area contributed by atoms with E-state index in [-0.39, 0.29) is 0 Å². The number of hydrogen-bond acceptors (Lipinski definition) is 3. The number of aromatic nitrogens is 1. The third kappa shape index (κ3) is 3.15. The van der Waals surface area contributed by atoms with Crippen molar-refractivity contribution in [2.45, 2.75) is 6.92 Å². The lowest BCUT2D eigenvalue weighted by molar-refractivity contribution is 0.362. The number of ether oxygens (including phenoxy) is 1. The summed E-state index contributed by atoms with van der Waals surface area (Å²) in [6.07, 6.45) is 5.16. The van der Waals surface area contributed by atoms with Gasteiger partial charge in [0.2, 0.25) is 0 Å². The van der Waals surface area contributed by atoms with Crippen LogP contribution in [-0.4, -0.2) is 18.1 Å². The van der Waals surface area contributed by atoms with Crippen LogP contribution in [0.25, 0.3) is 0 Å². The number of pyridine rings is 1. The summed E-state index contributed by atoms with van der Waals surface area (Å²) in [4.78, 5) is 4.03. The normalized spacial score (nSPS) is 9.31. The van der Waals surface area contributed by atoms with Crippen LogP contribution in [0.4, 0.5) is 5.69 Å². The van der Waals surface area contributed by atoms with Gasteiger partial charge in [0.1, 0.15) is 12.4 Å². The Hall–Kier alpha value is -1.51. The highest BCUT2D eigenvalue weighted by atomic mass is 16.5. The first kappa shape index (κ1) is 9.58. The Morgan fingerprint density at radius 1 is 1.62 bits per heavy atom. The molecule has 0 radical (unpaired) electrons. The summed E-state index contributed by atoms with van der Waals surface area (Å²) in [5.74, 6) is 0.762. The Kier molecular flexibility index (Phi) is 3.82. The minimum atomic E-state index is 0.511. The molecule has 0 aromatic carbocycles. The van der Waals surface area contributed by atoms with Crippen LogP contribution in [0.5, 0.6) is 5.75 Å². The second-order valence-corrected chi connectivity index (χ2v) is 2.54. The van der Waals surface area contributed by atoms with E-state index < -0.39 is 0 Å². The lowest BCUT2D eigenvalue weighted by Gasteiger charge is -2.05. The SMILES string of the molecule is C=CCOc1cncc(NCC)c1. The van der Waals surface area contributed by atoms with E-state index in [0.29, 0.717) is 6.61 Å². The van der Waals surface area contributed by atoms with Crippen LogP contribution in [0.15, 0.2) is 31.1 Å². The van der Waals surface area contributed by atoms with Crippen LogP contribution in [-0.2, 0) is 0 Å². The molecule has 0 aliphatic rings. The fourth-order valence-electron chi connectivity index (χ4n) is 0.954. The van der Waals surface area contributed by atoms with Gasteiger partial charge in [-0.15, -0.1) is 0 Å². The van der Waals surface area contributed by atoms with Gasteiger partial charge in [0, 0.05) is 12.6 Å². The molecular formula is C10H14N2O. The number of anilines is 1. The van der Waals surface area contributed by atoms with Crippen molar-refractivity contribution in [1.82, 2.24) is 4.98 Å². The second kappa shape index (κ2) is 5.19. The third-order valence-corrected chi connectivity index (χ3v) is 1.46. The summed E-state index contributed by atoms with van der Waals surface area (Å²) in [6, 6.07) is 1.92. The van der Waals surface area contributed by atoms with E-state index in [1.807, 2.05) is 13.0 Å². The molecule has 1 N–H and O–H groups in total. The predicted molar refractivity (Wildman–Crippen MR) is 54.1 cm³/mol. The van der Waals surface area contributed by atoms with Gasteiger partial charge in [-0.2, -0.15) is 0 Å². The van der Waals surface area contributed by atoms with Crippen molar-refractivity contribution in [2.24, 2.45) is 0 Å². The minimum Gasteiger partial charge on any atom is -0.488 e. The summed E-state index contributed by atoms with van der Waals surface area (Å²) in [5.41, 5.74) is 0.976. The van der Waals surface area contributed by atoms with Gasteiger partial charge in [-0.05, 0) is 6.92 Å². The van der Waals surface area contributed by atoms with E-state index in [1.54, 1.807) is 18.5 Å². The number of nitrogens with one attached hydrogen (secondary N) is 1. The van der Waals surface area contributed by atoms with Gasteiger partial charge in [0.05, 0.1) is 18.1 Å². The van der Waals surface area contributed by atoms with Gasteiger partial charge in [-0.3, -0.25) is 4.98 Å². The maximum absolute atomic E-state index is 5.32. The summed E-state index contributed by atoms with van der Waals surface area (Å²) in [5, 5.41) is 3.16. The van der Waals surface area contributed by atoms with Gasteiger partial charge >= 0.3 is 0 Å². The van der Waals surface area contributed by atoms with Gasteiger partial charge in [0.15, 0.2) is 0 Å². The first-order valence-electron chi connectivity index (χ1n) is 4.29. The van der Waals surface area contributed by atoms with Crippen LogP contribution in [0.1, 0.15) is 6.92 Å². The molecule has 0 atom stereocenters. The molecule has 1 heterocycles. The largest absolute Gasteiger partial charge is 0.488 e. The smallest absolute Gasteiger partial charge is 0.140 e. The molecule has 0 bridgehead atoms. The van der Waals surface area contributed by atoms with Crippen LogP contribution in [0, 0.1) is 0 Å². The fourth-order valence-corrected chi connectivity index (χ4v) is 0.954. The van der Waals surface area contributed by atoms with Gasteiger partial charge in [0.25, 0.3) is 0 Å². The molecule has 70 valence electrons. The third-order valence-electron chi connectivity index (χ3n) is 1.46. The predicted octanol–water partition coefficient (Wildman–Crippen LogP) is 2.08. The zero-order valence-corrected chi connectivity index (χ0v) is 7.79. The standard InChI is InChI=1S/C10H14N2O/c1-3-5-13-10-6-9(12-4-2)7-11-8-10/h3,6-8,12H,1,4-5H2,2H3. The average Bonchev–Trinajstić information content (AvgIpc) is 2.16. The molecule has 0 saturated heterocycles. The van der Waals surface area contributed by atoms with Gasteiger partial charge < -0.3 is 10.1 Å². The highest BCUT2D eigenvalue weighted by Gasteiger charge is 1.94. The Morgan fingerprint density at radius 2 is 2.46 bits per heavy atom. The fraction of sp³-hybridized carbons (Fsp3) is 0.300. The number of rotatable bonds is 5. The molecule has 1 rings (SSSR count). The Balaban J connectivity index is 2.61. The lowest BCUT2D eigenvalue weighted by Crippen LogP contribution is -1.98. The number of hydrogen-bond donors (Lipinski definition) is 1. The monoisotopic (exact) mass is 178 g/mol. The molecule has 1 aromatic rings. The Morgan fingerprint density at radius 3 is 3.15 bits per heavy atom. The molecule has 3 nitrogen and oxygen atoms in total. The van der Waals surface area contributed by atoms with Crippen LogP contribution >= 0.6 is 0 Å². The van der Waals surface area contributed by atoms with Gasteiger partial charge in [-0.25, -0.2) is 0 Å². The van der Waals surface area contributed by atoms with Crippen molar-refractivity contribution in [1.29, 1.82) is 0 Å². The van der Waals surface area contributed by atoms with E-state index in [2.05, 4.69) is 16.9 Å². The quantitative estimate of drug-likeness (QED) is 0.701. The zero-order valence-electron chi connectivity index (χ0n) is 7.79. The van der Waals surface area contributed by atoms with E-state index in [9.17, 15) is 0 Å². The zero-order chi connectivity index (χ0) is 9.52. The summed E-state index contributed by atoms with van der Waals surface area (Å²) in [6.45, 7) is 7.01. The molecule has 0 unspecified atom stereocenters. The first-order chi connectivity index (χ1) is 6.36. The molecule has 0 aliphatic carbocycles. The second-order valence-electron chi connectivity index (χ2n) is 2.54. The van der Waals surface area contributed by atoms with Crippen molar-refractivity contribution in [3.63, 3.8) is 0 Å². The van der Waals surface area contributed by atoms with E-state index in [4.69, 9.17) is 4.74 Å². The molecule has 3 heteroatoms. The van der Waals surface area contributed by atoms with Crippen molar-refractivity contribution < 1.29 is 4.74 Å². The highest BCUT2D eigenvalue weighted by molar-refractivity contribution is 5.44. The first-order valence-corrected chi connectivity index (χ1v) is 4.29. The van der Waals surface area contributed by atoms with Crippen molar-refractivity contribution in [2.75, 3.05) is 18.5 Å². The van der Waals surface area contributed by atoms with Crippen LogP contribution in [0.2, 0.25) is 0 Å². The molecule has 0 spiro atoms. The van der Waals surface area contributed by atoms with Crippen molar-refractivity contribution >= 4 is 5.69 Å². The Bertz CT molecular complexity index is 273. The maximum atomic E-state index is 5.32. The molecule has 0 aliphatic heterocycles. The lowest BCUT2D eigenvalue weighted by atomic mass is 10.4. The van der Waals surface area contributed by atoms with E-state index >= 15 is 0 Å². The summed E-state index contributed by atoms with van der Waals surface area (Å²) in [7, 11) is 0. The summed E-state index contributed by atoms with van der Waals surface area (Å²) < 4.78 is 5.32. The molecular weight excluding hydrogens is 164 g/mol. The average molecular weight is 178 g/mol. The van der Waals surface area contributed by atoms with Crippen molar-refractivity contribution in [3.05, 3.63) is 31.1 Å². The molecule has 0 amide bonds. The topological polar surface area (TPSA) is 34.1 Å². The Labute approximate surface area is 78.4 Å². The van der Waals surface area contributed by atoms with Crippen LogP contribution < -0.4 is 10.1 Å². The molecule has 13 heavy (non-hydrogen) atoms. The van der Waals surface area contributed by atoms with E-state index in [1.165, 1.54) is 0 Å². The molecule has 0 fully saturated rings. The maximum Gasteiger partial charge on any atom is 0.140 e.